The Kier molecular flexibility index (Phi) is 45.2. The van der Waals surface area contributed by atoms with Crippen molar-refractivity contribution < 1.29 is 24.5 Å². The molecule has 0 aromatic carbocycles. The van der Waals surface area contributed by atoms with Crippen molar-refractivity contribution in [2.45, 2.75) is 264 Å². The van der Waals surface area contributed by atoms with E-state index in [1.165, 1.54) is 135 Å². The molecule has 0 bridgehead atoms. The molecule has 0 aromatic heterocycles. The van der Waals surface area contributed by atoms with Gasteiger partial charge in [0, 0.05) is 12.8 Å². The number of nitrogens with one attached hydrogen (secondary N) is 1. The molecular weight excluding hydrogens is 707 g/mol. The molecule has 3 N–H and O–H groups in total. The highest BCUT2D eigenvalue weighted by atomic mass is 16.5. The summed E-state index contributed by atoms with van der Waals surface area (Å²) in [5.41, 5.74) is 0. The minimum Gasteiger partial charge on any atom is -0.466 e. The van der Waals surface area contributed by atoms with Gasteiger partial charge in [-0.2, -0.15) is 0 Å². The van der Waals surface area contributed by atoms with Crippen LogP contribution < -0.4 is 5.32 Å². The van der Waals surface area contributed by atoms with Crippen molar-refractivity contribution >= 4 is 11.9 Å². The van der Waals surface area contributed by atoms with Crippen LogP contribution >= 0.6 is 0 Å². The highest BCUT2D eigenvalue weighted by Crippen LogP contribution is 2.15. The third-order valence-electron chi connectivity index (χ3n) is 11.2. The molecule has 0 fully saturated rings. The van der Waals surface area contributed by atoms with Crippen molar-refractivity contribution in [2.75, 3.05) is 13.2 Å². The van der Waals surface area contributed by atoms with Gasteiger partial charge in [0.1, 0.15) is 0 Å². The normalized spacial score (nSPS) is 13.0. The highest BCUT2D eigenvalue weighted by Gasteiger charge is 2.20. The van der Waals surface area contributed by atoms with Gasteiger partial charge < -0.3 is 20.3 Å². The van der Waals surface area contributed by atoms with Gasteiger partial charge in [0.2, 0.25) is 5.91 Å². The number of ether oxygens (including phenoxy) is 1. The third-order valence-corrected chi connectivity index (χ3v) is 11.2. The van der Waals surface area contributed by atoms with Crippen LogP contribution in [0.5, 0.6) is 0 Å². The minimum atomic E-state index is -0.681. The van der Waals surface area contributed by atoms with Gasteiger partial charge in [0.15, 0.2) is 0 Å². The number of carbonyl (C=O) groups is 2. The second-order valence-electron chi connectivity index (χ2n) is 16.8. The van der Waals surface area contributed by atoms with Crippen LogP contribution in [-0.4, -0.2) is 47.4 Å². The van der Waals surface area contributed by atoms with E-state index in [4.69, 9.17) is 4.74 Å². The Morgan fingerprint density at radius 1 is 0.491 bits per heavy atom. The van der Waals surface area contributed by atoms with Crippen LogP contribution in [0.15, 0.2) is 36.5 Å². The summed E-state index contributed by atoms with van der Waals surface area (Å²) in [5.74, 6) is -0.0949. The number of rotatable bonds is 45. The molecular formula is C51H95NO5. The number of esters is 1. The van der Waals surface area contributed by atoms with E-state index in [1.54, 1.807) is 0 Å². The topological polar surface area (TPSA) is 95.9 Å². The maximum atomic E-state index is 12.4. The lowest BCUT2D eigenvalue weighted by Gasteiger charge is -2.22. The number of amides is 1. The summed E-state index contributed by atoms with van der Waals surface area (Å²) in [7, 11) is 0. The Balaban J connectivity index is 3.51. The van der Waals surface area contributed by atoms with Crippen LogP contribution in [0.2, 0.25) is 0 Å². The summed E-state index contributed by atoms with van der Waals surface area (Å²) in [4.78, 5) is 24.4. The monoisotopic (exact) mass is 802 g/mol. The first-order valence-electron chi connectivity index (χ1n) is 24.7. The first kappa shape index (κ1) is 55.1. The molecule has 2 atom stereocenters. The largest absolute Gasteiger partial charge is 0.466 e. The Morgan fingerprint density at radius 2 is 0.877 bits per heavy atom. The number of unbranched alkanes of at least 4 members (excludes halogenated alkanes) is 28. The van der Waals surface area contributed by atoms with Crippen molar-refractivity contribution in [3.63, 3.8) is 0 Å². The molecule has 0 aromatic rings. The average molecular weight is 802 g/mol. The molecule has 57 heavy (non-hydrogen) atoms. The van der Waals surface area contributed by atoms with Crippen LogP contribution in [0.1, 0.15) is 251 Å². The van der Waals surface area contributed by atoms with Gasteiger partial charge in [-0.15, -0.1) is 0 Å². The first-order valence-corrected chi connectivity index (χ1v) is 24.7. The van der Waals surface area contributed by atoms with Crippen LogP contribution in [0.3, 0.4) is 0 Å². The maximum Gasteiger partial charge on any atom is 0.305 e. The van der Waals surface area contributed by atoms with Gasteiger partial charge in [-0.3, -0.25) is 9.59 Å². The smallest absolute Gasteiger partial charge is 0.305 e. The molecule has 6 nitrogen and oxygen atoms in total. The van der Waals surface area contributed by atoms with Gasteiger partial charge in [0.25, 0.3) is 0 Å². The third kappa shape index (κ3) is 43.5. The van der Waals surface area contributed by atoms with E-state index < -0.39 is 12.1 Å². The fourth-order valence-corrected chi connectivity index (χ4v) is 7.31. The van der Waals surface area contributed by atoms with Crippen molar-refractivity contribution in [1.82, 2.24) is 5.32 Å². The Labute approximate surface area is 353 Å². The quantitative estimate of drug-likeness (QED) is 0.0324. The number of hydrogen-bond acceptors (Lipinski definition) is 5. The predicted molar refractivity (Wildman–Crippen MR) is 246 cm³/mol. The van der Waals surface area contributed by atoms with E-state index >= 15 is 0 Å². The lowest BCUT2D eigenvalue weighted by Crippen LogP contribution is -2.45. The van der Waals surface area contributed by atoms with Gasteiger partial charge in [-0.1, -0.05) is 192 Å². The molecule has 334 valence electrons. The number of carbonyl (C=O) groups excluding carboxylic acids is 2. The van der Waals surface area contributed by atoms with Gasteiger partial charge in [-0.05, 0) is 83.5 Å². The van der Waals surface area contributed by atoms with Crippen LogP contribution in [0.25, 0.3) is 0 Å². The van der Waals surface area contributed by atoms with Crippen LogP contribution in [-0.2, 0) is 14.3 Å². The van der Waals surface area contributed by atoms with E-state index in [2.05, 4.69) is 55.6 Å². The molecule has 0 saturated heterocycles. The van der Waals surface area contributed by atoms with Crippen LogP contribution in [0.4, 0.5) is 0 Å². The second kappa shape index (κ2) is 46.8. The second-order valence-corrected chi connectivity index (χ2v) is 16.8. The van der Waals surface area contributed by atoms with Crippen molar-refractivity contribution in [3.05, 3.63) is 36.5 Å². The summed E-state index contributed by atoms with van der Waals surface area (Å²) in [6.45, 7) is 4.86. The fourth-order valence-electron chi connectivity index (χ4n) is 7.31. The SMILES string of the molecule is CCCCCC/C=C\C/C=C\CCCCCCCC(=O)OCCCCCCCC/C=C\CCCCCC(=O)NC(CO)C(O)CCCCCCCCCCCCC. The fraction of sp³-hybridized carbons (Fsp3) is 0.843. The minimum absolute atomic E-state index is 0.0269. The van der Waals surface area contributed by atoms with E-state index in [-0.39, 0.29) is 18.5 Å². The molecule has 1 amide bonds. The summed E-state index contributed by atoms with van der Waals surface area (Å²) >= 11 is 0. The van der Waals surface area contributed by atoms with E-state index in [1.807, 2.05) is 0 Å². The lowest BCUT2D eigenvalue weighted by atomic mass is 10.0. The molecule has 0 aliphatic carbocycles. The number of allylic oxidation sites excluding steroid dienone is 6. The molecule has 0 saturated carbocycles. The van der Waals surface area contributed by atoms with Crippen molar-refractivity contribution in [3.8, 4) is 0 Å². The van der Waals surface area contributed by atoms with E-state index in [0.29, 0.717) is 25.9 Å². The predicted octanol–water partition coefficient (Wildman–Crippen LogP) is 14.5. The lowest BCUT2D eigenvalue weighted by molar-refractivity contribution is -0.143. The molecule has 0 aliphatic rings. The number of aliphatic hydroxyl groups is 2. The molecule has 0 rings (SSSR count). The Morgan fingerprint density at radius 3 is 1.39 bits per heavy atom. The van der Waals surface area contributed by atoms with E-state index in [9.17, 15) is 19.8 Å². The maximum absolute atomic E-state index is 12.4. The molecule has 2 unspecified atom stereocenters. The van der Waals surface area contributed by atoms with Crippen molar-refractivity contribution in [2.24, 2.45) is 0 Å². The van der Waals surface area contributed by atoms with Crippen molar-refractivity contribution in [1.29, 1.82) is 0 Å². The Bertz CT molecular complexity index is 931. The van der Waals surface area contributed by atoms with Gasteiger partial charge >= 0.3 is 5.97 Å². The molecule has 0 heterocycles. The standard InChI is InChI=1S/C51H95NO5/c1-3-5-7-9-11-13-15-16-17-18-21-25-29-33-37-41-45-51(56)57-46-42-38-34-30-26-22-19-20-24-28-32-36-40-44-50(55)52-48(47-53)49(54)43-39-35-31-27-23-14-12-10-8-6-4-2/h13,15,17-18,20,24,48-49,53-54H,3-12,14,16,19,21-23,25-47H2,1-2H3,(H,52,55)/b15-13-,18-17-,24-20-. The molecule has 0 aliphatic heterocycles. The first-order chi connectivity index (χ1) is 28.0. The summed E-state index contributed by atoms with van der Waals surface area (Å²) < 4.78 is 5.45. The van der Waals surface area contributed by atoms with E-state index in [0.717, 1.165) is 83.5 Å². The average Bonchev–Trinajstić information content (AvgIpc) is 3.21. The number of aliphatic hydroxyl groups excluding tert-OH is 2. The highest BCUT2D eigenvalue weighted by molar-refractivity contribution is 5.76. The summed E-state index contributed by atoms with van der Waals surface area (Å²) in [5, 5.41) is 23.1. The zero-order valence-corrected chi connectivity index (χ0v) is 37.8. The Hall–Kier alpha value is -1.92. The zero-order chi connectivity index (χ0) is 41.5. The molecule has 0 radical (unpaired) electrons. The zero-order valence-electron chi connectivity index (χ0n) is 37.8. The summed E-state index contributed by atoms with van der Waals surface area (Å²) in [6, 6.07) is -0.561. The van der Waals surface area contributed by atoms with Crippen LogP contribution in [0, 0.1) is 0 Å². The summed E-state index contributed by atoms with van der Waals surface area (Å²) in [6.07, 6.45) is 55.3. The molecule has 6 heteroatoms. The molecule has 0 spiro atoms. The van der Waals surface area contributed by atoms with Gasteiger partial charge in [-0.25, -0.2) is 0 Å². The van der Waals surface area contributed by atoms with Gasteiger partial charge in [0.05, 0.1) is 25.4 Å². The number of hydrogen-bond donors (Lipinski definition) is 3.